The standard InChI is InChI=1S/Ir.Os.Pt.Re.W. The van der Waals surface area contributed by atoms with E-state index in [2.05, 4.69) is 0 Å². The molecule has 2 radical (unpaired) electrons. The molecule has 0 aromatic rings. The first-order chi connectivity index (χ1) is 0. The van der Waals surface area contributed by atoms with Gasteiger partial charge in [0.25, 0.3) is 0 Å². The molecule has 0 aliphatic carbocycles. The van der Waals surface area contributed by atoms with Crippen molar-refractivity contribution in [2.75, 3.05) is 0 Å². The zero-order chi connectivity index (χ0) is 0. The molecule has 0 heterocycles. The third-order valence-corrected chi connectivity index (χ3v) is 0. The molecule has 0 rings (SSSR count). The summed E-state index contributed by atoms with van der Waals surface area (Å²) in [5.74, 6) is 0. The largest absolute Gasteiger partial charge is 0 e. The van der Waals surface area contributed by atoms with E-state index in [0.717, 1.165) is 0 Å². The van der Waals surface area contributed by atoms with Crippen LogP contribution in [0, 0.1) is 0 Å². The molecule has 40 valence electrons. The van der Waals surface area contributed by atoms with Crippen molar-refractivity contribution in [2.45, 2.75) is 0 Å². The fourth-order valence-corrected chi connectivity index (χ4v) is 0. The summed E-state index contributed by atoms with van der Waals surface area (Å²) in [5.41, 5.74) is 0. The monoisotopic (exact) mass is 951 g/mol. The van der Waals surface area contributed by atoms with Crippen LogP contribution < -0.4 is 0 Å². The number of hydrogen-bond acceptors (Lipinski definition) is 0. The Labute approximate surface area is 101 Å². The third-order valence-electron chi connectivity index (χ3n) is 0. The number of hydrogen-bond donors (Lipinski definition) is 0. The molecule has 0 spiro atoms. The van der Waals surface area contributed by atoms with E-state index in [1.807, 2.05) is 0 Å². The molecule has 0 aromatic carbocycles. The summed E-state index contributed by atoms with van der Waals surface area (Å²) >= 11 is 0. The maximum atomic E-state index is 0. The first-order valence-electron chi connectivity index (χ1n) is 0. The second kappa shape index (κ2) is 26.5. The van der Waals surface area contributed by atoms with Gasteiger partial charge in [-0.05, 0) is 0 Å². The summed E-state index contributed by atoms with van der Waals surface area (Å²) in [5, 5.41) is 0. The van der Waals surface area contributed by atoms with E-state index in [4.69, 9.17) is 0 Å². The van der Waals surface area contributed by atoms with Gasteiger partial charge in [-0.3, -0.25) is 0 Å². The van der Waals surface area contributed by atoms with Gasteiger partial charge in [0.1, 0.15) is 0 Å². The van der Waals surface area contributed by atoms with Gasteiger partial charge in [0.2, 0.25) is 0 Å². The predicted octanol–water partition coefficient (Wildman–Crippen LogP) is -0.0125. The Hall–Kier alpha value is 3.32. The van der Waals surface area contributed by atoms with Crippen LogP contribution in [0.2, 0.25) is 0 Å². The quantitative estimate of drug-likeness (QED) is 0.321. The maximum absolute atomic E-state index is 0. The van der Waals surface area contributed by atoms with E-state index in [1.54, 1.807) is 0 Å². The fourth-order valence-electron chi connectivity index (χ4n) is 0. The van der Waals surface area contributed by atoms with Crippen molar-refractivity contribution in [1.29, 1.82) is 0 Å². The summed E-state index contributed by atoms with van der Waals surface area (Å²) in [4.78, 5) is 0. The van der Waals surface area contributed by atoms with Gasteiger partial charge in [-0.2, -0.15) is 0 Å². The topological polar surface area (TPSA) is 0 Å². The Morgan fingerprint density at radius 2 is 1.00 bits per heavy atom. The van der Waals surface area contributed by atoms with Gasteiger partial charge in [-0.15, -0.1) is 0 Å². The molecule has 0 fully saturated rings. The van der Waals surface area contributed by atoms with Gasteiger partial charge < -0.3 is 0 Å². The molecule has 0 unspecified atom stereocenters. The van der Waals surface area contributed by atoms with Crippen molar-refractivity contribution < 1.29 is 102 Å². The van der Waals surface area contributed by atoms with Crippen molar-refractivity contribution in [1.82, 2.24) is 0 Å². The molecule has 0 aliphatic rings. The molecule has 0 aromatic heterocycles. The molecule has 0 amide bonds. The minimum Gasteiger partial charge on any atom is 0 e. The molecule has 0 aliphatic heterocycles. The van der Waals surface area contributed by atoms with Crippen LogP contribution in [-0.4, -0.2) is 0 Å². The second-order valence-corrected chi connectivity index (χ2v) is 0. The number of rotatable bonds is 0. The molecular weight excluding hydrogens is 948 g/mol. The molecule has 5 heavy (non-hydrogen) atoms. The summed E-state index contributed by atoms with van der Waals surface area (Å²) in [6, 6.07) is 0. The molecule has 0 bridgehead atoms. The summed E-state index contributed by atoms with van der Waals surface area (Å²) in [6.45, 7) is 0. The Bertz CT molecular complexity index is 11.6. The Balaban J connectivity index is 0. The summed E-state index contributed by atoms with van der Waals surface area (Å²) in [6.07, 6.45) is 0. The second-order valence-electron chi connectivity index (χ2n) is 0. The van der Waals surface area contributed by atoms with Gasteiger partial charge >= 0.3 is 0 Å². The summed E-state index contributed by atoms with van der Waals surface area (Å²) < 4.78 is 0. The van der Waals surface area contributed by atoms with Gasteiger partial charge in [0.15, 0.2) is 0 Å². The smallest absolute Gasteiger partial charge is 0 e. The zero-order valence-electron chi connectivity index (χ0n) is 1.79. The van der Waals surface area contributed by atoms with E-state index >= 15 is 0 Å². The van der Waals surface area contributed by atoms with Crippen LogP contribution in [-0.2, 0) is 102 Å². The molecule has 5 heteroatoms. The van der Waals surface area contributed by atoms with Crippen LogP contribution in [0.1, 0.15) is 0 Å². The van der Waals surface area contributed by atoms with Crippen LogP contribution in [0.4, 0.5) is 0 Å². The van der Waals surface area contributed by atoms with Gasteiger partial charge in [-0.25, -0.2) is 0 Å². The minimum absolute atomic E-state index is 0. The molecular formula is IrOsPtReW. The fraction of sp³-hybridized carbons (Fsp3) is 0. The van der Waals surface area contributed by atoms with Crippen LogP contribution in [0.3, 0.4) is 0 Å². The molecule has 0 atom stereocenters. The average molecular weight is 948 g/mol. The molecule has 0 saturated carbocycles. The van der Waals surface area contributed by atoms with Crippen LogP contribution >= 0.6 is 0 Å². The normalized spacial score (nSPS) is 0. The minimum atomic E-state index is 0. The van der Waals surface area contributed by atoms with Gasteiger partial charge in [0, 0.05) is 102 Å². The van der Waals surface area contributed by atoms with Crippen molar-refractivity contribution >= 4 is 0 Å². The summed E-state index contributed by atoms with van der Waals surface area (Å²) in [7, 11) is 0. The Morgan fingerprint density at radius 3 is 1.00 bits per heavy atom. The van der Waals surface area contributed by atoms with E-state index in [-0.39, 0.29) is 102 Å². The predicted molar refractivity (Wildman–Crippen MR) is 0 cm³/mol. The first-order valence-corrected chi connectivity index (χ1v) is 0. The van der Waals surface area contributed by atoms with E-state index in [1.165, 1.54) is 0 Å². The SMILES string of the molecule is [Ir].[Os].[Pt].[Re].[W]. The van der Waals surface area contributed by atoms with E-state index < -0.39 is 0 Å². The molecule has 0 nitrogen and oxygen atoms in total. The van der Waals surface area contributed by atoms with Crippen LogP contribution in [0.5, 0.6) is 0 Å². The Morgan fingerprint density at radius 1 is 1.00 bits per heavy atom. The Kier molecular flexibility index (Phi) is 214. The van der Waals surface area contributed by atoms with E-state index in [0.29, 0.717) is 0 Å². The van der Waals surface area contributed by atoms with Crippen LogP contribution in [0.15, 0.2) is 0 Å². The average Bonchev–Trinajstić information content (AvgIpc) is 0. The first kappa shape index (κ1) is 40.4. The van der Waals surface area contributed by atoms with Crippen molar-refractivity contribution in [2.24, 2.45) is 0 Å². The van der Waals surface area contributed by atoms with Crippen molar-refractivity contribution in [3.63, 3.8) is 0 Å². The van der Waals surface area contributed by atoms with Crippen molar-refractivity contribution in [3.8, 4) is 0 Å². The van der Waals surface area contributed by atoms with Gasteiger partial charge in [-0.1, -0.05) is 0 Å². The third kappa shape index (κ3) is 18.8. The maximum Gasteiger partial charge on any atom is 0 e. The van der Waals surface area contributed by atoms with Crippen LogP contribution in [0.25, 0.3) is 0 Å². The zero-order valence-corrected chi connectivity index (χ0v) is 14.6. The van der Waals surface area contributed by atoms with Crippen molar-refractivity contribution in [3.05, 3.63) is 0 Å². The molecule has 0 saturated heterocycles. The van der Waals surface area contributed by atoms with E-state index in [9.17, 15) is 0 Å². The van der Waals surface area contributed by atoms with Gasteiger partial charge in [0.05, 0.1) is 0 Å². The molecule has 0 N–H and O–H groups in total.